The number of benzene rings is 2. The lowest BCUT2D eigenvalue weighted by atomic mass is 9.84. The van der Waals surface area contributed by atoms with Gasteiger partial charge in [0.05, 0.1) is 18.8 Å². The van der Waals surface area contributed by atoms with Crippen molar-refractivity contribution in [3.63, 3.8) is 0 Å². The summed E-state index contributed by atoms with van der Waals surface area (Å²) < 4.78 is 12.0. The molecular weight excluding hydrogens is 454 g/mol. The lowest BCUT2D eigenvalue weighted by Crippen LogP contribution is -2.63. The van der Waals surface area contributed by atoms with E-state index in [1.54, 1.807) is 7.11 Å². The minimum Gasteiger partial charge on any atom is -0.497 e. The highest BCUT2D eigenvalue weighted by atomic mass is 79.9. The number of carbonyl (C=O) groups is 1. The predicted molar refractivity (Wildman–Crippen MR) is 126 cm³/mol. The molecule has 0 radical (unpaired) electrons. The highest BCUT2D eigenvalue weighted by molar-refractivity contribution is 9.09. The Hall–Kier alpha value is -1.85. The second-order valence-corrected chi connectivity index (χ2v) is 11.2. The molecule has 0 unspecified atom stereocenters. The van der Waals surface area contributed by atoms with Gasteiger partial charge in [0.15, 0.2) is 6.10 Å². The second kappa shape index (κ2) is 7.35. The first-order chi connectivity index (χ1) is 14.8. The van der Waals surface area contributed by atoms with Crippen molar-refractivity contribution < 1.29 is 14.3 Å². The van der Waals surface area contributed by atoms with Crippen molar-refractivity contribution >= 4 is 27.5 Å². The van der Waals surface area contributed by atoms with Crippen LogP contribution in [0.4, 0.5) is 5.69 Å². The number of alkyl halides is 1. The van der Waals surface area contributed by atoms with E-state index in [0.29, 0.717) is 11.3 Å². The van der Waals surface area contributed by atoms with E-state index >= 15 is 0 Å². The lowest BCUT2D eigenvalue weighted by molar-refractivity contribution is -0.164. The summed E-state index contributed by atoms with van der Waals surface area (Å²) in [7, 11) is 1.65. The number of β-lactam (4-membered cyclic amide) rings is 1. The molecule has 1 heterocycles. The highest BCUT2D eigenvalue weighted by Gasteiger charge is 2.65. The SMILES string of the molecule is COc1ccc(N2C(=O)[C@H](O[C@]3(C)C[C@H]4[C@@H](C[C@H]3Br)C4(C)C)[C@@H]2c2ccccc2)cc1. The molecule has 5 heteroatoms. The molecule has 2 aromatic carbocycles. The van der Waals surface area contributed by atoms with E-state index in [9.17, 15) is 4.79 Å². The number of anilines is 1. The van der Waals surface area contributed by atoms with E-state index in [2.05, 4.69) is 48.8 Å². The zero-order chi connectivity index (χ0) is 22.0. The molecule has 0 spiro atoms. The van der Waals surface area contributed by atoms with Crippen molar-refractivity contribution in [1.29, 1.82) is 0 Å². The van der Waals surface area contributed by atoms with Crippen LogP contribution in [0.15, 0.2) is 54.6 Å². The molecule has 2 saturated carbocycles. The van der Waals surface area contributed by atoms with Gasteiger partial charge in [-0.3, -0.25) is 9.69 Å². The maximum absolute atomic E-state index is 13.4. The van der Waals surface area contributed by atoms with Crippen LogP contribution in [-0.4, -0.2) is 29.5 Å². The number of methoxy groups -OCH3 is 1. The predicted octanol–water partition coefficient (Wildman–Crippen LogP) is 5.76. The Bertz CT molecular complexity index is 976. The minimum atomic E-state index is -0.479. The van der Waals surface area contributed by atoms with Crippen molar-refractivity contribution in [3.8, 4) is 5.75 Å². The summed E-state index contributed by atoms with van der Waals surface area (Å²) in [6.45, 7) is 6.91. The molecule has 0 aromatic heterocycles. The van der Waals surface area contributed by atoms with E-state index in [1.807, 2.05) is 47.4 Å². The molecule has 0 N–H and O–H groups in total. The minimum absolute atomic E-state index is 0.0251. The topological polar surface area (TPSA) is 38.8 Å². The Morgan fingerprint density at radius 3 is 2.32 bits per heavy atom. The van der Waals surface area contributed by atoms with Gasteiger partial charge in [-0.1, -0.05) is 60.1 Å². The van der Waals surface area contributed by atoms with E-state index in [-0.39, 0.29) is 22.4 Å². The standard InChI is InChI=1S/C26H30BrNO3/c1-25(2)19-14-21(27)26(3,15-20(19)25)31-23-22(16-8-6-5-7-9-16)28(24(23)29)17-10-12-18(30-4)13-11-17/h5-13,19-23H,14-15H2,1-4H3/t19-,20+,21-,22+,23-,26-/m1/s1. The molecule has 2 aliphatic carbocycles. The summed E-state index contributed by atoms with van der Waals surface area (Å²) in [6.07, 6.45) is 1.62. The van der Waals surface area contributed by atoms with E-state index < -0.39 is 6.10 Å². The first-order valence-electron chi connectivity index (χ1n) is 11.1. The van der Waals surface area contributed by atoms with Crippen LogP contribution in [0.2, 0.25) is 0 Å². The fourth-order valence-corrected chi connectivity index (χ4v) is 6.46. The monoisotopic (exact) mass is 483 g/mol. The molecule has 164 valence electrons. The zero-order valence-corrected chi connectivity index (χ0v) is 20.1. The molecule has 0 bridgehead atoms. The molecule has 5 rings (SSSR count). The molecule has 6 atom stereocenters. The Labute approximate surface area is 193 Å². The third-order valence-corrected chi connectivity index (χ3v) is 9.31. The Morgan fingerprint density at radius 1 is 1.00 bits per heavy atom. The molecule has 3 aliphatic rings. The number of hydrogen-bond donors (Lipinski definition) is 0. The zero-order valence-electron chi connectivity index (χ0n) is 18.5. The number of hydrogen-bond acceptors (Lipinski definition) is 3. The van der Waals surface area contributed by atoms with Crippen LogP contribution >= 0.6 is 15.9 Å². The molecule has 2 aromatic rings. The molecule has 31 heavy (non-hydrogen) atoms. The van der Waals surface area contributed by atoms with E-state index in [4.69, 9.17) is 9.47 Å². The number of rotatable bonds is 5. The average Bonchev–Trinajstić information content (AvgIpc) is 3.29. The normalized spacial score (nSPS) is 35.8. The number of nitrogens with zero attached hydrogens (tertiary/aromatic N) is 1. The van der Waals surface area contributed by atoms with E-state index in [1.165, 1.54) is 0 Å². The molecular formula is C26H30BrNO3. The quantitative estimate of drug-likeness (QED) is 0.400. The highest BCUT2D eigenvalue weighted by Crippen LogP contribution is 2.68. The van der Waals surface area contributed by atoms with Crippen molar-refractivity contribution in [3.05, 3.63) is 60.2 Å². The number of amides is 1. The molecule has 4 nitrogen and oxygen atoms in total. The van der Waals surface area contributed by atoms with Crippen LogP contribution in [0.3, 0.4) is 0 Å². The Kier molecular flexibility index (Phi) is 4.98. The fourth-order valence-electron chi connectivity index (χ4n) is 5.76. The maximum Gasteiger partial charge on any atom is 0.259 e. The number of ether oxygens (including phenoxy) is 2. The van der Waals surface area contributed by atoms with Crippen molar-refractivity contribution in [2.24, 2.45) is 17.3 Å². The van der Waals surface area contributed by atoms with Crippen LogP contribution < -0.4 is 9.64 Å². The van der Waals surface area contributed by atoms with Crippen LogP contribution in [0.25, 0.3) is 0 Å². The maximum atomic E-state index is 13.4. The molecule has 1 aliphatic heterocycles. The second-order valence-electron chi connectivity index (χ2n) is 10.1. The summed E-state index contributed by atoms with van der Waals surface area (Å²) in [5.41, 5.74) is 1.99. The third-order valence-electron chi connectivity index (χ3n) is 7.97. The van der Waals surface area contributed by atoms with Gasteiger partial charge in [-0.25, -0.2) is 0 Å². The van der Waals surface area contributed by atoms with Crippen LogP contribution in [0.5, 0.6) is 5.75 Å². The van der Waals surface area contributed by atoms with E-state index in [0.717, 1.165) is 35.8 Å². The van der Waals surface area contributed by atoms with Gasteiger partial charge in [-0.05, 0) is 66.8 Å². The van der Waals surface area contributed by atoms with Crippen LogP contribution in [0, 0.1) is 17.3 Å². The average molecular weight is 484 g/mol. The third kappa shape index (κ3) is 3.32. The van der Waals surface area contributed by atoms with Gasteiger partial charge in [0.25, 0.3) is 5.91 Å². The van der Waals surface area contributed by atoms with Crippen molar-refractivity contribution in [2.45, 2.75) is 56.2 Å². The van der Waals surface area contributed by atoms with Gasteiger partial charge in [0.2, 0.25) is 0 Å². The number of fused-ring (bicyclic) bond motifs is 1. The molecule has 3 fully saturated rings. The van der Waals surface area contributed by atoms with Crippen LogP contribution in [-0.2, 0) is 9.53 Å². The number of carbonyl (C=O) groups excluding carboxylic acids is 1. The van der Waals surface area contributed by atoms with Crippen molar-refractivity contribution in [2.75, 3.05) is 12.0 Å². The first-order valence-corrected chi connectivity index (χ1v) is 12.0. The van der Waals surface area contributed by atoms with Gasteiger partial charge in [-0.15, -0.1) is 0 Å². The summed E-state index contributed by atoms with van der Waals surface area (Å²) in [5, 5.41) is 0. The van der Waals surface area contributed by atoms with Crippen LogP contribution in [0.1, 0.15) is 45.2 Å². The molecule has 1 saturated heterocycles. The Balaban J connectivity index is 1.43. The Morgan fingerprint density at radius 2 is 1.68 bits per heavy atom. The van der Waals surface area contributed by atoms with Gasteiger partial charge in [0.1, 0.15) is 5.75 Å². The smallest absolute Gasteiger partial charge is 0.259 e. The summed E-state index contributed by atoms with van der Waals surface area (Å²) in [5.74, 6) is 2.23. The van der Waals surface area contributed by atoms with Gasteiger partial charge in [-0.2, -0.15) is 0 Å². The first kappa shape index (κ1) is 21.0. The number of halogens is 1. The van der Waals surface area contributed by atoms with Gasteiger partial charge < -0.3 is 9.47 Å². The summed E-state index contributed by atoms with van der Waals surface area (Å²) in [6, 6.07) is 17.7. The summed E-state index contributed by atoms with van der Waals surface area (Å²) in [4.78, 5) is 15.5. The van der Waals surface area contributed by atoms with Crippen molar-refractivity contribution in [1.82, 2.24) is 0 Å². The largest absolute Gasteiger partial charge is 0.497 e. The molecule has 1 amide bonds. The van der Waals surface area contributed by atoms with Gasteiger partial charge >= 0.3 is 0 Å². The van der Waals surface area contributed by atoms with Gasteiger partial charge in [0, 0.05) is 10.5 Å². The fraction of sp³-hybridized carbons (Fsp3) is 0.500. The summed E-state index contributed by atoms with van der Waals surface area (Å²) >= 11 is 3.92. The lowest BCUT2D eigenvalue weighted by Gasteiger charge is -2.51.